The van der Waals surface area contributed by atoms with Gasteiger partial charge in [0.05, 0.1) is 18.8 Å². The van der Waals surface area contributed by atoms with Crippen molar-refractivity contribution in [3.63, 3.8) is 0 Å². The summed E-state index contributed by atoms with van der Waals surface area (Å²) in [6.07, 6.45) is -1.70. The highest BCUT2D eigenvalue weighted by molar-refractivity contribution is 5.68. The summed E-state index contributed by atoms with van der Waals surface area (Å²) in [7, 11) is 0. The summed E-state index contributed by atoms with van der Waals surface area (Å²) >= 11 is 0. The lowest BCUT2D eigenvalue weighted by Crippen LogP contribution is -2.35. The van der Waals surface area contributed by atoms with Gasteiger partial charge in [-0.05, 0) is 31.5 Å². The number of benzene rings is 1. The van der Waals surface area contributed by atoms with Crippen molar-refractivity contribution in [3.05, 3.63) is 35.4 Å². The van der Waals surface area contributed by atoms with E-state index in [0.29, 0.717) is 0 Å². The third-order valence-corrected chi connectivity index (χ3v) is 2.33. The van der Waals surface area contributed by atoms with Crippen LogP contribution in [0.2, 0.25) is 0 Å². The van der Waals surface area contributed by atoms with Crippen LogP contribution in [-0.2, 0) is 4.74 Å². The van der Waals surface area contributed by atoms with Crippen LogP contribution in [-0.4, -0.2) is 23.9 Å². The number of rotatable bonds is 4. The van der Waals surface area contributed by atoms with Gasteiger partial charge in [0.15, 0.2) is 11.6 Å². The SMILES string of the molecule is CCOC(=O)NC(c1ccc(F)c(F)c1)C(C)O. The molecule has 1 aromatic carbocycles. The standard InChI is InChI=1S/C12H15F2NO3/c1-3-18-12(17)15-11(7(2)16)8-4-5-9(13)10(14)6-8/h4-7,11,16H,3H2,1-2H3,(H,15,17). The first-order chi connectivity index (χ1) is 8.45. The molecule has 0 aliphatic heterocycles. The fourth-order valence-electron chi connectivity index (χ4n) is 1.49. The number of alkyl carbamates (subject to hydrolysis) is 1. The van der Waals surface area contributed by atoms with E-state index in [1.54, 1.807) is 6.92 Å². The largest absolute Gasteiger partial charge is 0.450 e. The van der Waals surface area contributed by atoms with Crippen LogP contribution in [0.5, 0.6) is 0 Å². The Bertz CT molecular complexity index is 424. The molecule has 1 rings (SSSR count). The van der Waals surface area contributed by atoms with Crippen LogP contribution >= 0.6 is 0 Å². The normalized spacial score (nSPS) is 13.8. The van der Waals surface area contributed by atoms with E-state index in [-0.39, 0.29) is 12.2 Å². The Kier molecular flexibility index (Phi) is 5.03. The molecule has 2 N–H and O–H groups in total. The number of hydrogen-bond acceptors (Lipinski definition) is 3. The molecular weight excluding hydrogens is 244 g/mol. The Morgan fingerprint density at radius 3 is 2.61 bits per heavy atom. The van der Waals surface area contributed by atoms with Crippen LogP contribution in [0.1, 0.15) is 25.5 Å². The van der Waals surface area contributed by atoms with Crippen molar-refractivity contribution in [2.75, 3.05) is 6.61 Å². The van der Waals surface area contributed by atoms with Crippen molar-refractivity contribution in [1.82, 2.24) is 5.32 Å². The molecule has 100 valence electrons. The van der Waals surface area contributed by atoms with E-state index in [9.17, 15) is 18.7 Å². The first-order valence-corrected chi connectivity index (χ1v) is 5.52. The lowest BCUT2D eigenvalue weighted by Gasteiger charge is -2.21. The van der Waals surface area contributed by atoms with Gasteiger partial charge < -0.3 is 15.2 Å². The quantitative estimate of drug-likeness (QED) is 0.870. The van der Waals surface area contributed by atoms with Gasteiger partial charge in [-0.3, -0.25) is 0 Å². The van der Waals surface area contributed by atoms with Crippen LogP contribution in [0.4, 0.5) is 13.6 Å². The second-order valence-electron chi connectivity index (χ2n) is 3.76. The zero-order chi connectivity index (χ0) is 13.7. The Balaban J connectivity index is 2.90. The van der Waals surface area contributed by atoms with Gasteiger partial charge in [-0.2, -0.15) is 0 Å². The molecule has 0 spiro atoms. The van der Waals surface area contributed by atoms with Gasteiger partial charge >= 0.3 is 6.09 Å². The van der Waals surface area contributed by atoms with Crippen molar-refractivity contribution >= 4 is 6.09 Å². The predicted molar refractivity (Wildman–Crippen MR) is 60.9 cm³/mol. The molecule has 0 aliphatic carbocycles. The summed E-state index contributed by atoms with van der Waals surface area (Å²) in [6, 6.07) is 2.30. The Morgan fingerprint density at radius 1 is 1.44 bits per heavy atom. The maximum absolute atomic E-state index is 13.1. The van der Waals surface area contributed by atoms with Gasteiger partial charge in [-0.15, -0.1) is 0 Å². The fourth-order valence-corrected chi connectivity index (χ4v) is 1.49. The Labute approximate surface area is 104 Å². The average Bonchev–Trinajstić information content (AvgIpc) is 2.30. The molecule has 1 aromatic rings. The van der Waals surface area contributed by atoms with E-state index in [1.807, 2.05) is 0 Å². The summed E-state index contributed by atoms with van der Waals surface area (Å²) in [6.45, 7) is 3.24. The molecule has 0 radical (unpaired) electrons. The summed E-state index contributed by atoms with van der Waals surface area (Å²) < 4.78 is 30.6. The van der Waals surface area contributed by atoms with Crippen LogP contribution in [0.3, 0.4) is 0 Å². The highest BCUT2D eigenvalue weighted by atomic mass is 19.2. The third-order valence-electron chi connectivity index (χ3n) is 2.33. The molecular formula is C12H15F2NO3. The minimum atomic E-state index is -1.04. The van der Waals surface area contributed by atoms with Crippen LogP contribution in [0.25, 0.3) is 0 Å². The fraction of sp³-hybridized carbons (Fsp3) is 0.417. The zero-order valence-corrected chi connectivity index (χ0v) is 10.1. The van der Waals surface area contributed by atoms with Crippen LogP contribution < -0.4 is 5.32 Å². The Morgan fingerprint density at radius 2 is 2.11 bits per heavy atom. The molecule has 0 saturated carbocycles. The number of ether oxygens (including phenoxy) is 1. The molecule has 0 aliphatic rings. The van der Waals surface area contributed by atoms with Crippen molar-refractivity contribution in [1.29, 1.82) is 0 Å². The zero-order valence-electron chi connectivity index (χ0n) is 10.1. The van der Waals surface area contributed by atoms with Crippen molar-refractivity contribution in [2.45, 2.75) is 26.0 Å². The number of carbonyl (C=O) groups is 1. The minimum absolute atomic E-state index is 0.177. The lowest BCUT2D eigenvalue weighted by molar-refractivity contribution is 0.116. The lowest BCUT2D eigenvalue weighted by atomic mass is 10.0. The molecule has 2 unspecified atom stereocenters. The molecule has 0 saturated heterocycles. The molecule has 6 heteroatoms. The molecule has 0 heterocycles. The number of hydrogen-bond donors (Lipinski definition) is 2. The molecule has 0 aromatic heterocycles. The van der Waals surface area contributed by atoms with Crippen molar-refractivity contribution < 1.29 is 23.4 Å². The van der Waals surface area contributed by atoms with E-state index in [4.69, 9.17) is 0 Å². The van der Waals surface area contributed by atoms with Gasteiger partial charge in [0.2, 0.25) is 0 Å². The maximum Gasteiger partial charge on any atom is 0.407 e. The van der Waals surface area contributed by atoms with Gasteiger partial charge in [0.1, 0.15) is 0 Å². The highest BCUT2D eigenvalue weighted by Gasteiger charge is 2.21. The second kappa shape index (κ2) is 6.30. The molecule has 1 amide bonds. The smallest absolute Gasteiger partial charge is 0.407 e. The molecule has 2 atom stereocenters. The predicted octanol–water partition coefficient (Wildman–Crippen LogP) is 2.13. The minimum Gasteiger partial charge on any atom is -0.450 e. The number of nitrogens with one attached hydrogen (secondary N) is 1. The first-order valence-electron chi connectivity index (χ1n) is 5.52. The molecule has 0 bridgehead atoms. The second-order valence-corrected chi connectivity index (χ2v) is 3.76. The Hall–Kier alpha value is -1.69. The monoisotopic (exact) mass is 259 g/mol. The van der Waals surface area contributed by atoms with Gasteiger partial charge in [0.25, 0.3) is 0 Å². The number of aliphatic hydroxyl groups excluding tert-OH is 1. The molecule has 18 heavy (non-hydrogen) atoms. The van der Waals surface area contributed by atoms with E-state index < -0.39 is 29.9 Å². The van der Waals surface area contributed by atoms with Gasteiger partial charge in [0, 0.05) is 0 Å². The summed E-state index contributed by atoms with van der Waals surface area (Å²) in [5.74, 6) is -2.02. The van der Waals surface area contributed by atoms with E-state index >= 15 is 0 Å². The van der Waals surface area contributed by atoms with E-state index in [0.717, 1.165) is 12.1 Å². The number of carbonyl (C=O) groups excluding carboxylic acids is 1. The average molecular weight is 259 g/mol. The van der Waals surface area contributed by atoms with E-state index in [2.05, 4.69) is 10.1 Å². The molecule has 4 nitrogen and oxygen atoms in total. The topological polar surface area (TPSA) is 58.6 Å². The van der Waals surface area contributed by atoms with E-state index in [1.165, 1.54) is 13.0 Å². The number of aliphatic hydroxyl groups is 1. The highest BCUT2D eigenvalue weighted by Crippen LogP contribution is 2.19. The van der Waals surface area contributed by atoms with Gasteiger partial charge in [-0.25, -0.2) is 13.6 Å². The van der Waals surface area contributed by atoms with Crippen LogP contribution in [0.15, 0.2) is 18.2 Å². The first kappa shape index (κ1) is 14.4. The number of amides is 1. The van der Waals surface area contributed by atoms with Gasteiger partial charge in [-0.1, -0.05) is 6.07 Å². The molecule has 0 fully saturated rings. The third kappa shape index (κ3) is 3.66. The summed E-state index contributed by atoms with van der Waals surface area (Å²) in [4.78, 5) is 11.3. The number of halogens is 2. The van der Waals surface area contributed by atoms with Crippen molar-refractivity contribution in [3.8, 4) is 0 Å². The van der Waals surface area contributed by atoms with Crippen LogP contribution in [0, 0.1) is 11.6 Å². The maximum atomic E-state index is 13.1. The van der Waals surface area contributed by atoms with Crippen molar-refractivity contribution in [2.24, 2.45) is 0 Å². The summed E-state index contributed by atoms with van der Waals surface area (Å²) in [5.41, 5.74) is 0.261. The summed E-state index contributed by atoms with van der Waals surface area (Å²) in [5, 5.41) is 11.9.